The first kappa shape index (κ1) is 14.2. The van der Waals surface area contributed by atoms with Crippen LogP contribution in [0.25, 0.3) is 0 Å². The van der Waals surface area contributed by atoms with Gasteiger partial charge in [0.2, 0.25) is 5.75 Å². The fourth-order valence-electron chi connectivity index (χ4n) is 1.91. The van der Waals surface area contributed by atoms with Gasteiger partial charge in [0.1, 0.15) is 5.82 Å². The molecule has 2 rings (SSSR count). The van der Waals surface area contributed by atoms with Crippen molar-refractivity contribution in [2.24, 2.45) is 5.92 Å². The molecule has 1 aliphatic rings. The minimum Gasteiger partial charge on any atom is -0.477 e. The van der Waals surface area contributed by atoms with Crippen LogP contribution in [0.15, 0.2) is 18.2 Å². The Morgan fingerprint density at radius 2 is 2.30 bits per heavy atom. The van der Waals surface area contributed by atoms with Crippen molar-refractivity contribution in [3.63, 3.8) is 0 Å². The lowest BCUT2D eigenvalue weighted by Gasteiger charge is -2.13. The Bertz CT molecular complexity index is 531. The number of hydrogen-bond acceptors (Lipinski definition) is 4. The molecule has 0 aromatic heterocycles. The highest BCUT2D eigenvalue weighted by Gasteiger charge is 2.29. The molecule has 1 unspecified atom stereocenters. The van der Waals surface area contributed by atoms with Crippen LogP contribution in [0.3, 0.4) is 0 Å². The van der Waals surface area contributed by atoms with E-state index < -0.39 is 10.7 Å². The summed E-state index contributed by atoms with van der Waals surface area (Å²) in [6.07, 6.45) is 2.19. The smallest absolute Gasteiger partial charge is 0.311 e. The van der Waals surface area contributed by atoms with Crippen LogP contribution in [-0.2, 0) is 4.79 Å². The second-order valence-electron chi connectivity index (χ2n) is 4.85. The van der Waals surface area contributed by atoms with Crippen molar-refractivity contribution in [2.75, 3.05) is 6.61 Å². The Labute approximate surface area is 115 Å². The van der Waals surface area contributed by atoms with Crippen molar-refractivity contribution < 1.29 is 18.8 Å². The number of carbonyl (C=O) groups is 1. The molecule has 1 saturated carbocycles. The first-order valence-corrected chi connectivity index (χ1v) is 6.33. The van der Waals surface area contributed by atoms with Gasteiger partial charge in [-0.1, -0.05) is 0 Å². The van der Waals surface area contributed by atoms with E-state index >= 15 is 0 Å². The quantitative estimate of drug-likeness (QED) is 0.639. The predicted molar refractivity (Wildman–Crippen MR) is 68.9 cm³/mol. The van der Waals surface area contributed by atoms with Crippen molar-refractivity contribution in [1.29, 1.82) is 0 Å². The van der Waals surface area contributed by atoms with E-state index in [0.29, 0.717) is 5.92 Å². The molecule has 0 radical (unpaired) electrons. The Hall–Kier alpha value is -2.18. The molecule has 1 aromatic rings. The molecule has 108 valence electrons. The molecular weight excluding hydrogens is 267 g/mol. The minimum absolute atomic E-state index is 0.0635. The molecule has 20 heavy (non-hydrogen) atoms. The van der Waals surface area contributed by atoms with Crippen LogP contribution in [0.2, 0.25) is 0 Å². The average molecular weight is 282 g/mol. The minimum atomic E-state index is -0.681. The highest BCUT2D eigenvalue weighted by atomic mass is 19.1. The summed E-state index contributed by atoms with van der Waals surface area (Å²) in [4.78, 5) is 21.7. The topological polar surface area (TPSA) is 81.5 Å². The van der Waals surface area contributed by atoms with Crippen molar-refractivity contribution in [1.82, 2.24) is 5.32 Å². The van der Waals surface area contributed by atoms with E-state index in [4.69, 9.17) is 4.74 Å². The first-order valence-electron chi connectivity index (χ1n) is 6.33. The Kier molecular flexibility index (Phi) is 4.16. The molecule has 7 heteroatoms. The van der Waals surface area contributed by atoms with Crippen LogP contribution < -0.4 is 10.1 Å². The molecule has 0 spiro atoms. The zero-order chi connectivity index (χ0) is 14.7. The number of rotatable bonds is 6. The molecule has 0 aliphatic heterocycles. The maximum atomic E-state index is 13.1. The monoisotopic (exact) mass is 282 g/mol. The molecule has 1 fully saturated rings. The number of ether oxygens (including phenoxy) is 1. The lowest BCUT2D eigenvalue weighted by Crippen LogP contribution is -2.37. The SMILES string of the molecule is CC(NC(=O)COc1cc(F)ccc1[N+](=O)[O-])C1CC1. The number of hydrogen-bond donors (Lipinski definition) is 1. The number of halogens is 1. The molecule has 0 saturated heterocycles. The molecular formula is C13H15FN2O4. The highest BCUT2D eigenvalue weighted by Crippen LogP contribution is 2.32. The molecule has 1 N–H and O–H groups in total. The van der Waals surface area contributed by atoms with E-state index in [1.165, 1.54) is 0 Å². The van der Waals surface area contributed by atoms with Crippen molar-refractivity contribution in [2.45, 2.75) is 25.8 Å². The lowest BCUT2D eigenvalue weighted by atomic mass is 10.2. The summed E-state index contributed by atoms with van der Waals surface area (Å²) in [7, 11) is 0. The number of nitro benzene ring substituents is 1. The number of amides is 1. The van der Waals surface area contributed by atoms with E-state index in [1.54, 1.807) is 0 Å². The van der Waals surface area contributed by atoms with Crippen LogP contribution in [0.4, 0.5) is 10.1 Å². The summed E-state index contributed by atoms with van der Waals surface area (Å²) in [5, 5.41) is 13.5. The van der Waals surface area contributed by atoms with E-state index in [9.17, 15) is 19.3 Å². The molecule has 1 amide bonds. The van der Waals surface area contributed by atoms with Gasteiger partial charge in [-0.3, -0.25) is 14.9 Å². The van der Waals surface area contributed by atoms with E-state index in [2.05, 4.69) is 5.32 Å². The zero-order valence-corrected chi connectivity index (χ0v) is 11.0. The van der Waals surface area contributed by atoms with Gasteiger partial charge in [0.25, 0.3) is 5.91 Å². The zero-order valence-electron chi connectivity index (χ0n) is 11.0. The van der Waals surface area contributed by atoms with Gasteiger partial charge in [0.05, 0.1) is 4.92 Å². The van der Waals surface area contributed by atoms with Gasteiger partial charge in [-0.2, -0.15) is 0 Å². The van der Waals surface area contributed by atoms with Gasteiger partial charge < -0.3 is 10.1 Å². The summed E-state index contributed by atoms with van der Waals surface area (Å²) in [6.45, 7) is 1.53. The lowest BCUT2D eigenvalue weighted by molar-refractivity contribution is -0.385. The third-order valence-corrected chi connectivity index (χ3v) is 3.20. The van der Waals surface area contributed by atoms with Crippen LogP contribution >= 0.6 is 0 Å². The summed E-state index contributed by atoms with van der Waals surface area (Å²) >= 11 is 0. The van der Waals surface area contributed by atoms with Crippen molar-refractivity contribution >= 4 is 11.6 Å². The van der Waals surface area contributed by atoms with E-state index in [1.807, 2.05) is 6.92 Å². The van der Waals surface area contributed by atoms with E-state index in [-0.39, 0.29) is 30.0 Å². The standard InChI is InChI=1S/C13H15FN2O4/c1-8(9-2-3-9)15-13(17)7-20-12-6-10(14)4-5-11(12)16(18)19/h4-6,8-9H,2-3,7H2,1H3,(H,15,17). The van der Waals surface area contributed by atoms with Gasteiger partial charge in [0.15, 0.2) is 6.61 Å². The largest absolute Gasteiger partial charge is 0.477 e. The summed E-state index contributed by atoms with van der Waals surface area (Å²) < 4.78 is 18.1. The number of nitrogens with one attached hydrogen (secondary N) is 1. The number of benzene rings is 1. The van der Waals surface area contributed by atoms with Crippen molar-refractivity contribution in [3.8, 4) is 5.75 Å². The number of nitrogens with zero attached hydrogens (tertiary/aromatic N) is 1. The molecule has 1 aliphatic carbocycles. The normalized spacial score (nSPS) is 15.5. The van der Waals surface area contributed by atoms with Gasteiger partial charge in [-0.05, 0) is 31.7 Å². The second-order valence-corrected chi connectivity index (χ2v) is 4.85. The fourth-order valence-corrected chi connectivity index (χ4v) is 1.91. The van der Waals surface area contributed by atoms with Crippen LogP contribution in [0.1, 0.15) is 19.8 Å². The molecule has 0 bridgehead atoms. The number of carbonyl (C=O) groups excluding carboxylic acids is 1. The Balaban J connectivity index is 1.94. The van der Waals surface area contributed by atoms with Crippen LogP contribution in [0.5, 0.6) is 5.75 Å². The van der Waals surface area contributed by atoms with Crippen LogP contribution in [-0.4, -0.2) is 23.5 Å². The third kappa shape index (κ3) is 3.66. The summed E-state index contributed by atoms with van der Waals surface area (Å²) in [6, 6.07) is 2.94. The Morgan fingerprint density at radius 3 is 2.90 bits per heavy atom. The molecule has 6 nitrogen and oxygen atoms in total. The first-order chi connectivity index (χ1) is 9.47. The summed E-state index contributed by atoms with van der Waals surface area (Å²) in [5.74, 6) is -0.771. The van der Waals surface area contributed by atoms with Gasteiger partial charge in [0, 0.05) is 18.2 Å². The molecule has 1 aromatic carbocycles. The molecule has 0 heterocycles. The Morgan fingerprint density at radius 1 is 1.60 bits per heavy atom. The second kappa shape index (κ2) is 5.85. The maximum Gasteiger partial charge on any atom is 0.311 e. The van der Waals surface area contributed by atoms with Gasteiger partial charge in [-0.15, -0.1) is 0 Å². The average Bonchev–Trinajstić information content (AvgIpc) is 3.20. The summed E-state index contributed by atoms with van der Waals surface area (Å²) in [5.41, 5.74) is -0.366. The van der Waals surface area contributed by atoms with Crippen molar-refractivity contribution in [3.05, 3.63) is 34.1 Å². The fraction of sp³-hybridized carbons (Fsp3) is 0.462. The van der Waals surface area contributed by atoms with Gasteiger partial charge in [-0.25, -0.2) is 4.39 Å². The molecule has 1 atom stereocenters. The number of nitro groups is 1. The maximum absolute atomic E-state index is 13.1. The van der Waals surface area contributed by atoms with Crippen LogP contribution in [0, 0.1) is 21.8 Å². The van der Waals surface area contributed by atoms with E-state index in [0.717, 1.165) is 31.0 Å². The third-order valence-electron chi connectivity index (χ3n) is 3.20. The highest BCUT2D eigenvalue weighted by molar-refractivity contribution is 5.78. The van der Waals surface area contributed by atoms with Gasteiger partial charge >= 0.3 is 5.69 Å². The predicted octanol–water partition coefficient (Wildman–Crippen LogP) is 2.03.